The van der Waals surface area contributed by atoms with Gasteiger partial charge in [0.1, 0.15) is 0 Å². The van der Waals surface area contributed by atoms with Crippen molar-refractivity contribution >= 4 is 11.8 Å². The maximum atomic E-state index is 5.67. The Morgan fingerprint density at radius 2 is 1.76 bits per heavy atom. The van der Waals surface area contributed by atoms with Crippen LogP contribution in [0.4, 0.5) is 0 Å². The van der Waals surface area contributed by atoms with Crippen LogP contribution < -0.4 is 5.73 Å². The smallest absolute Gasteiger partial charge is 0.0354 e. The van der Waals surface area contributed by atoms with E-state index in [0.29, 0.717) is 11.3 Å². The molecular formula is C14H24N2S. The number of benzene rings is 1. The van der Waals surface area contributed by atoms with Crippen LogP contribution in [0.2, 0.25) is 0 Å². The predicted molar refractivity (Wildman–Crippen MR) is 77.5 cm³/mol. The van der Waals surface area contributed by atoms with E-state index in [9.17, 15) is 0 Å². The third kappa shape index (κ3) is 4.70. The fourth-order valence-corrected chi connectivity index (χ4v) is 2.76. The van der Waals surface area contributed by atoms with Crippen molar-refractivity contribution in [3.8, 4) is 0 Å². The number of hydrogen-bond acceptors (Lipinski definition) is 3. The van der Waals surface area contributed by atoms with Crippen molar-refractivity contribution < 1.29 is 0 Å². The van der Waals surface area contributed by atoms with Crippen molar-refractivity contribution in [2.75, 3.05) is 20.6 Å². The molecule has 0 aliphatic carbocycles. The van der Waals surface area contributed by atoms with Crippen molar-refractivity contribution in [1.82, 2.24) is 4.90 Å². The number of thioether (sulfide) groups is 1. The second kappa shape index (κ2) is 7.04. The molecule has 0 aliphatic rings. The van der Waals surface area contributed by atoms with Gasteiger partial charge >= 0.3 is 0 Å². The lowest BCUT2D eigenvalue weighted by Gasteiger charge is -2.24. The summed E-state index contributed by atoms with van der Waals surface area (Å²) in [6.45, 7) is 5.16. The number of rotatable bonds is 6. The molecule has 2 nitrogen and oxygen atoms in total. The molecule has 1 atom stereocenters. The zero-order valence-electron chi connectivity index (χ0n) is 11.3. The molecule has 0 saturated carbocycles. The first-order valence-corrected chi connectivity index (χ1v) is 7.05. The highest BCUT2D eigenvalue weighted by Crippen LogP contribution is 2.27. The van der Waals surface area contributed by atoms with E-state index in [2.05, 4.69) is 57.1 Å². The van der Waals surface area contributed by atoms with Crippen LogP contribution in [0.1, 0.15) is 31.9 Å². The van der Waals surface area contributed by atoms with E-state index in [1.807, 2.05) is 11.8 Å². The van der Waals surface area contributed by atoms with Gasteiger partial charge in [-0.05, 0) is 44.8 Å². The molecule has 96 valence electrons. The van der Waals surface area contributed by atoms with E-state index in [0.717, 1.165) is 13.0 Å². The summed E-state index contributed by atoms with van der Waals surface area (Å²) < 4.78 is 0. The summed E-state index contributed by atoms with van der Waals surface area (Å²) in [5, 5.41) is 0.634. The Bertz CT molecular complexity index is 319. The molecule has 2 N–H and O–H groups in total. The third-order valence-corrected chi connectivity index (χ3v) is 3.72. The van der Waals surface area contributed by atoms with Gasteiger partial charge < -0.3 is 10.6 Å². The maximum absolute atomic E-state index is 5.67. The minimum absolute atomic E-state index is 0.429. The zero-order chi connectivity index (χ0) is 12.8. The van der Waals surface area contributed by atoms with Crippen molar-refractivity contribution in [2.45, 2.75) is 36.5 Å². The van der Waals surface area contributed by atoms with E-state index in [4.69, 9.17) is 5.73 Å². The highest BCUT2D eigenvalue weighted by atomic mass is 32.2. The lowest BCUT2D eigenvalue weighted by molar-refractivity contribution is 0.287. The molecule has 0 saturated heterocycles. The number of nitrogens with zero attached hydrogens (tertiary/aromatic N) is 1. The highest BCUT2D eigenvalue weighted by Gasteiger charge is 2.12. The zero-order valence-corrected chi connectivity index (χ0v) is 12.1. The van der Waals surface area contributed by atoms with Crippen LogP contribution in [-0.4, -0.2) is 30.8 Å². The van der Waals surface area contributed by atoms with Crippen LogP contribution in [-0.2, 0) is 0 Å². The monoisotopic (exact) mass is 252 g/mol. The summed E-state index contributed by atoms with van der Waals surface area (Å²) in [6.07, 6.45) is 1.00. The largest absolute Gasteiger partial charge is 0.330 e. The molecule has 0 aromatic heterocycles. The van der Waals surface area contributed by atoms with Crippen molar-refractivity contribution in [2.24, 2.45) is 5.73 Å². The third-order valence-electron chi connectivity index (χ3n) is 2.70. The molecule has 0 heterocycles. The fraction of sp³-hybridized carbons (Fsp3) is 0.571. The first-order valence-electron chi connectivity index (χ1n) is 6.17. The molecule has 0 spiro atoms. The predicted octanol–water partition coefficient (Wildman–Crippen LogP) is 3.14. The second-order valence-electron chi connectivity index (χ2n) is 4.79. The van der Waals surface area contributed by atoms with Gasteiger partial charge in [0, 0.05) is 16.2 Å². The Labute approximate surface area is 110 Å². The summed E-state index contributed by atoms with van der Waals surface area (Å²) in [5.74, 6) is 0. The molecule has 1 rings (SSSR count). The van der Waals surface area contributed by atoms with Gasteiger partial charge in [-0.1, -0.05) is 26.0 Å². The van der Waals surface area contributed by atoms with Gasteiger partial charge in [0.2, 0.25) is 0 Å². The number of hydrogen-bond donors (Lipinski definition) is 1. The topological polar surface area (TPSA) is 29.3 Å². The summed E-state index contributed by atoms with van der Waals surface area (Å²) in [6, 6.07) is 9.31. The van der Waals surface area contributed by atoms with Gasteiger partial charge in [0.25, 0.3) is 0 Å². The Morgan fingerprint density at radius 3 is 2.18 bits per heavy atom. The molecule has 0 aliphatic heterocycles. The van der Waals surface area contributed by atoms with Gasteiger partial charge in [-0.3, -0.25) is 0 Å². The summed E-state index contributed by atoms with van der Waals surface area (Å²) in [7, 11) is 4.22. The first-order chi connectivity index (χ1) is 8.04. The van der Waals surface area contributed by atoms with Crippen molar-refractivity contribution in [3.63, 3.8) is 0 Å². The molecular weight excluding hydrogens is 228 g/mol. The normalized spacial score (nSPS) is 13.4. The molecule has 0 amide bonds. The Balaban J connectivity index is 2.77. The number of nitrogens with two attached hydrogens (primary N) is 1. The molecule has 17 heavy (non-hydrogen) atoms. The standard InChI is InChI=1S/C14H24N2S/c1-11(2)17-13-7-5-12(6-8-13)14(9-10-15)16(3)4/h5-8,11,14H,9-10,15H2,1-4H3. The fourth-order valence-electron chi connectivity index (χ4n) is 1.92. The van der Waals surface area contributed by atoms with Crippen LogP contribution in [0.15, 0.2) is 29.2 Å². The van der Waals surface area contributed by atoms with Gasteiger partial charge in [-0.25, -0.2) is 0 Å². The maximum Gasteiger partial charge on any atom is 0.0354 e. The quantitative estimate of drug-likeness (QED) is 0.789. The Hall–Kier alpha value is -0.510. The summed E-state index contributed by atoms with van der Waals surface area (Å²) >= 11 is 1.90. The van der Waals surface area contributed by atoms with Gasteiger partial charge in [-0.15, -0.1) is 11.8 Å². The molecule has 0 bridgehead atoms. The average molecular weight is 252 g/mol. The Morgan fingerprint density at radius 1 is 1.18 bits per heavy atom. The molecule has 1 aromatic rings. The van der Waals surface area contributed by atoms with Gasteiger partial charge in [-0.2, -0.15) is 0 Å². The van der Waals surface area contributed by atoms with Crippen molar-refractivity contribution in [3.05, 3.63) is 29.8 Å². The second-order valence-corrected chi connectivity index (χ2v) is 6.44. The average Bonchev–Trinajstić information content (AvgIpc) is 2.26. The van der Waals surface area contributed by atoms with Crippen LogP contribution in [0.5, 0.6) is 0 Å². The Kier molecular flexibility index (Phi) is 6.03. The minimum atomic E-state index is 0.429. The van der Waals surface area contributed by atoms with Crippen LogP contribution in [0.3, 0.4) is 0 Å². The van der Waals surface area contributed by atoms with Crippen molar-refractivity contribution in [1.29, 1.82) is 0 Å². The highest BCUT2D eigenvalue weighted by molar-refractivity contribution is 7.99. The lowest BCUT2D eigenvalue weighted by Crippen LogP contribution is -2.22. The van der Waals surface area contributed by atoms with E-state index < -0.39 is 0 Å². The molecule has 1 aromatic carbocycles. The SMILES string of the molecule is CC(C)Sc1ccc(C(CCN)N(C)C)cc1. The molecule has 1 unspecified atom stereocenters. The van der Waals surface area contributed by atoms with E-state index >= 15 is 0 Å². The molecule has 0 fully saturated rings. The summed E-state index contributed by atoms with van der Waals surface area (Å²) in [4.78, 5) is 3.58. The molecule has 0 radical (unpaired) electrons. The summed E-state index contributed by atoms with van der Waals surface area (Å²) in [5.41, 5.74) is 7.02. The van der Waals surface area contributed by atoms with E-state index in [1.54, 1.807) is 0 Å². The molecule has 3 heteroatoms. The first kappa shape index (κ1) is 14.6. The minimum Gasteiger partial charge on any atom is -0.330 e. The van der Waals surface area contributed by atoms with E-state index in [-0.39, 0.29) is 0 Å². The van der Waals surface area contributed by atoms with Crippen LogP contribution >= 0.6 is 11.8 Å². The van der Waals surface area contributed by atoms with Crippen LogP contribution in [0.25, 0.3) is 0 Å². The van der Waals surface area contributed by atoms with Gasteiger partial charge in [0.05, 0.1) is 0 Å². The van der Waals surface area contributed by atoms with Crippen LogP contribution in [0, 0.1) is 0 Å². The van der Waals surface area contributed by atoms with E-state index in [1.165, 1.54) is 10.5 Å². The lowest BCUT2D eigenvalue weighted by atomic mass is 10.0. The van der Waals surface area contributed by atoms with Gasteiger partial charge in [0.15, 0.2) is 0 Å².